The van der Waals surface area contributed by atoms with Gasteiger partial charge in [0.25, 0.3) is 0 Å². The number of nitrogens with zero attached hydrogens (tertiary/aromatic N) is 1. The molecule has 0 spiro atoms. The Morgan fingerprint density at radius 2 is 2.00 bits per heavy atom. The van der Waals surface area contributed by atoms with Gasteiger partial charge in [-0.05, 0) is 12.5 Å². The first-order valence-electron chi connectivity index (χ1n) is 4.87. The summed E-state index contributed by atoms with van der Waals surface area (Å²) < 4.78 is 0. The van der Waals surface area contributed by atoms with Crippen LogP contribution in [0.25, 0.3) is 0 Å². The summed E-state index contributed by atoms with van der Waals surface area (Å²) in [7, 11) is 0. The van der Waals surface area contributed by atoms with E-state index in [-0.39, 0.29) is 13.0 Å². The molecule has 0 fully saturated rings. The van der Waals surface area contributed by atoms with E-state index in [9.17, 15) is 20.0 Å². The highest BCUT2D eigenvalue weighted by molar-refractivity contribution is 5.80. The van der Waals surface area contributed by atoms with Crippen molar-refractivity contribution < 1.29 is 14.8 Å². The number of hydrogen-bond acceptors (Lipinski definition) is 3. The number of nitro groups is 1. The van der Waals surface area contributed by atoms with Crippen molar-refractivity contribution in [1.29, 1.82) is 0 Å². The van der Waals surface area contributed by atoms with Gasteiger partial charge in [-0.15, -0.1) is 0 Å². The summed E-state index contributed by atoms with van der Waals surface area (Å²) in [6.45, 7) is 1.16. The molecule has 5 heteroatoms. The normalized spacial score (nSPS) is 14.1. The van der Waals surface area contributed by atoms with Gasteiger partial charge in [-0.3, -0.25) is 14.9 Å². The van der Waals surface area contributed by atoms with Crippen LogP contribution in [0.2, 0.25) is 0 Å². The van der Waals surface area contributed by atoms with Crippen molar-refractivity contribution in [2.24, 2.45) is 0 Å². The molecule has 1 N–H and O–H groups in total. The molecule has 0 saturated carbocycles. The highest BCUT2D eigenvalue weighted by atomic mass is 16.6. The van der Waals surface area contributed by atoms with Gasteiger partial charge < -0.3 is 5.11 Å². The zero-order valence-corrected chi connectivity index (χ0v) is 8.92. The zero-order chi connectivity index (χ0) is 12.2. The Labute approximate surface area is 92.9 Å². The molecule has 0 aliphatic rings. The lowest BCUT2D eigenvalue weighted by molar-refractivity contribution is -0.481. The molecular weight excluding hydrogens is 210 g/mol. The minimum Gasteiger partial charge on any atom is -0.481 e. The van der Waals surface area contributed by atoms with Gasteiger partial charge in [0.15, 0.2) is 0 Å². The maximum absolute atomic E-state index is 11.2. The van der Waals surface area contributed by atoms with Gasteiger partial charge in [-0.2, -0.15) is 0 Å². The van der Waals surface area contributed by atoms with E-state index in [2.05, 4.69) is 0 Å². The molecular formula is C11H13NO4. The maximum atomic E-state index is 11.2. The van der Waals surface area contributed by atoms with Crippen molar-refractivity contribution in [3.63, 3.8) is 0 Å². The van der Waals surface area contributed by atoms with Crippen LogP contribution in [0.1, 0.15) is 18.9 Å². The lowest BCUT2D eigenvalue weighted by Crippen LogP contribution is -2.34. The minimum absolute atomic E-state index is 0.0145. The van der Waals surface area contributed by atoms with E-state index in [0.717, 1.165) is 0 Å². The van der Waals surface area contributed by atoms with Crippen LogP contribution in [0.5, 0.6) is 0 Å². The molecule has 1 unspecified atom stereocenters. The second-order valence-corrected chi connectivity index (χ2v) is 3.81. The van der Waals surface area contributed by atoms with Crippen LogP contribution in [0.4, 0.5) is 0 Å². The van der Waals surface area contributed by atoms with Crippen molar-refractivity contribution in [2.45, 2.75) is 18.8 Å². The average Bonchev–Trinajstić information content (AvgIpc) is 2.26. The molecule has 0 saturated heterocycles. The van der Waals surface area contributed by atoms with Crippen LogP contribution in [-0.2, 0) is 10.2 Å². The minimum atomic E-state index is -1.20. The fourth-order valence-corrected chi connectivity index (χ4v) is 1.50. The van der Waals surface area contributed by atoms with E-state index in [4.69, 9.17) is 0 Å². The molecule has 0 aliphatic carbocycles. The second-order valence-electron chi connectivity index (χ2n) is 3.81. The van der Waals surface area contributed by atoms with E-state index in [0.29, 0.717) is 5.56 Å². The summed E-state index contributed by atoms with van der Waals surface area (Å²) in [6, 6.07) is 8.58. The smallest absolute Gasteiger partial charge is 0.314 e. The lowest BCUT2D eigenvalue weighted by Gasteiger charge is -2.23. The monoisotopic (exact) mass is 223 g/mol. The summed E-state index contributed by atoms with van der Waals surface area (Å²) in [4.78, 5) is 21.0. The first kappa shape index (κ1) is 12.2. The molecule has 1 rings (SSSR count). The second kappa shape index (κ2) is 4.74. The van der Waals surface area contributed by atoms with Gasteiger partial charge in [0.1, 0.15) is 0 Å². The quantitative estimate of drug-likeness (QED) is 0.608. The summed E-state index contributed by atoms with van der Waals surface area (Å²) in [5.74, 6) is -1.04. The SMILES string of the molecule is CC(CC[N+](=O)[O-])(C(=O)O)c1ccccc1. The topological polar surface area (TPSA) is 80.4 Å². The summed E-state index contributed by atoms with van der Waals surface area (Å²) in [5.41, 5.74) is -0.613. The fourth-order valence-electron chi connectivity index (χ4n) is 1.50. The largest absolute Gasteiger partial charge is 0.481 e. The Bertz CT molecular complexity index is 390. The van der Waals surface area contributed by atoms with Gasteiger partial charge in [0, 0.05) is 11.3 Å². The van der Waals surface area contributed by atoms with Crippen LogP contribution in [-0.4, -0.2) is 22.5 Å². The predicted octanol–water partition coefficient (Wildman–Crippen LogP) is 1.70. The zero-order valence-electron chi connectivity index (χ0n) is 8.92. The van der Waals surface area contributed by atoms with Crippen molar-refractivity contribution in [1.82, 2.24) is 0 Å². The molecule has 86 valence electrons. The number of rotatable bonds is 5. The highest BCUT2D eigenvalue weighted by Gasteiger charge is 2.36. The molecule has 0 bridgehead atoms. The number of carboxylic acids is 1. The first-order valence-corrected chi connectivity index (χ1v) is 4.87. The van der Waals surface area contributed by atoms with Crippen LogP contribution in [0.3, 0.4) is 0 Å². The molecule has 5 nitrogen and oxygen atoms in total. The van der Waals surface area contributed by atoms with Crippen LogP contribution in [0, 0.1) is 10.1 Å². The molecule has 0 heterocycles. The van der Waals surface area contributed by atoms with E-state index in [1.54, 1.807) is 30.3 Å². The van der Waals surface area contributed by atoms with Crippen molar-refractivity contribution in [3.8, 4) is 0 Å². The van der Waals surface area contributed by atoms with E-state index in [1.165, 1.54) is 6.92 Å². The Morgan fingerprint density at radius 3 is 2.44 bits per heavy atom. The van der Waals surface area contributed by atoms with Gasteiger partial charge in [-0.25, -0.2) is 0 Å². The van der Waals surface area contributed by atoms with E-state index >= 15 is 0 Å². The third-order valence-corrected chi connectivity index (χ3v) is 2.68. The summed E-state index contributed by atoms with van der Waals surface area (Å²) >= 11 is 0. The van der Waals surface area contributed by atoms with E-state index in [1.807, 2.05) is 0 Å². The Kier molecular flexibility index (Phi) is 3.60. The number of carbonyl (C=O) groups is 1. The highest BCUT2D eigenvalue weighted by Crippen LogP contribution is 2.27. The average molecular weight is 223 g/mol. The van der Waals surface area contributed by atoms with Gasteiger partial charge in [0.05, 0.1) is 5.41 Å². The summed E-state index contributed by atoms with van der Waals surface area (Å²) in [6.07, 6.45) is -0.0145. The van der Waals surface area contributed by atoms with Crippen LogP contribution < -0.4 is 0 Å². The third-order valence-electron chi connectivity index (χ3n) is 2.68. The number of hydrogen-bond donors (Lipinski definition) is 1. The van der Waals surface area contributed by atoms with Gasteiger partial charge in [0.2, 0.25) is 6.54 Å². The molecule has 0 aromatic heterocycles. The van der Waals surface area contributed by atoms with Gasteiger partial charge >= 0.3 is 5.97 Å². The fraction of sp³-hybridized carbons (Fsp3) is 0.364. The predicted molar refractivity (Wildman–Crippen MR) is 57.9 cm³/mol. The molecule has 1 atom stereocenters. The molecule has 1 aromatic rings. The lowest BCUT2D eigenvalue weighted by atomic mass is 9.79. The molecule has 1 aromatic carbocycles. The van der Waals surface area contributed by atoms with E-state index < -0.39 is 16.3 Å². The third kappa shape index (κ3) is 2.56. The Morgan fingerprint density at radius 1 is 1.44 bits per heavy atom. The van der Waals surface area contributed by atoms with Crippen molar-refractivity contribution in [3.05, 3.63) is 46.0 Å². The van der Waals surface area contributed by atoms with Crippen molar-refractivity contribution >= 4 is 5.97 Å². The van der Waals surface area contributed by atoms with Crippen molar-refractivity contribution in [2.75, 3.05) is 6.54 Å². The van der Waals surface area contributed by atoms with Crippen LogP contribution >= 0.6 is 0 Å². The van der Waals surface area contributed by atoms with Gasteiger partial charge in [-0.1, -0.05) is 30.3 Å². The molecule has 0 aliphatic heterocycles. The number of carboxylic acid groups (broad SMARTS) is 1. The standard InChI is InChI=1S/C11H13NO4/c1-11(10(13)14,7-8-12(15)16)9-5-3-2-4-6-9/h2-6H,7-8H2,1H3,(H,13,14). The number of aliphatic carboxylic acids is 1. The Balaban J connectivity index is 2.98. The Hall–Kier alpha value is -1.91. The molecule has 0 amide bonds. The molecule has 16 heavy (non-hydrogen) atoms. The first-order chi connectivity index (χ1) is 7.47. The van der Waals surface area contributed by atoms with Crippen LogP contribution in [0.15, 0.2) is 30.3 Å². The summed E-state index contributed by atoms with van der Waals surface area (Å²) in [5, 5.41) is 19.5. The number of benzene rings is 1. The maximum Gasteiger partial charge on any atom is 0.314 e. The molecule has 0 radical (unpaired) electrons.